The Bertz CT molecular complexity index is 189. The molecule has 0 aliphatic carbocycles. The summed E-state index contributed by atoms with van der Waals surface area (Å²) in [5, 5.41) is 3.78. The Hall–Kier alpha value is -1.06. The summed E-state index contributed by atoms with van der Waals surface area (Å²) in [4.78, 5) is 10.8. The van der Waals surface area contributed by atoms with E-state index in [1.807, 2.05) is 6.92 Å². The van der Waals surface area contributed by atoms with Gasteiger partial charge in [0.15, 0.2) is 0 Å². The molecule has 62 valence electrons. The third kappa shape index (κ3) is 1.69. The van der Waals surface area contributed by atoms with E-state index in [2.05, 4.69) is 10.5 Å². The number of ether oxygens (including phenoxy) is 1. The van der Waals surface area contributed by atoms with Crippen LogP contribution in [0.15, 0.2) is 5.10 Å². The minimum atomic E-state index is -0.0300. The molecule has 0 aromatic heterocycles. The molecule has 1 aliphatic heterocycles. The quantitative estimate of drug-likeness (QED) is 0.600. The van der Waals surface area contributed by atoms with E-state index >= 15 is 0 Å². The van der Waals surface area contributed by atoms with Gasteiger partial charge in [-0.15, -0.1) is 5.10 Å². The Morgan fingerprint density at radius 3 is 3.09 bits per heavy atom. The molecule has 4 nitrogen and oxygen atoms in total. The van der Waals surface area contributed by atoms with E-state index in [-0.39, 0.29) is 11.8 Å². The molecule has 1 unspecified atom stereocenters. The summed E-state index contributed by atoms with van der Waals surface area (Å²) >= 11 is 0. The summed E-state index contributed by atoms with van der Waals surface area (Å²) in [5.74, 6) is 0.763. The zero-order valence-corrected chi connectivity index (χ0v) is 6.76. The number of nitrogens with one attached hydrogen (secondary N) is 1. The maximum Gasteiger partial charge on any atom is 0.240 e. The first kappa shape index (κ1) is 8.04. The fraction of sp³-hybridized carbons (Fsp3) is 0.714. The number of hydrazone groups is 1. The van der Waals surface area contributed by atoms with Crippen LogP contribution in [0.1, 0.15) is 19.8 Å². The summed E-state index contributed by atoms with van der Waals surface area (Å²) in [6, 6.07) is 0. The molecule has 1 aliphatic rings. The zero-order valence-electron chi connectivity index (χ0n) is 6.76. The van der Waals surface area contributed by atoms with Gasteiger partial charge in [-0.2, -0.15) is 0 Å². The number of nitrogens with zero attached hydrogens (tertiary/aromatic N) is 1. The van der Waals surface area contributed by atoms with Crippen molar-refractivity contribution in [2.45, 2.75) is 19.8 Å². The number of hydrogen-bond donors (Lipinski definition) is 1. The van der Waals surface area contributed by atoms with Crippen LogP contribution in [-0.4, -0.2) is 18.9 Å². The van der Waals surface area contributed by atoms with E-state index in [0.717, 1.165) is 6.42 Å². The fourth-order valence-corrected chi connectivity index (χ4v) is 1.10. The number of amides is 1. The SMILES string of the molecule is CCC1CC(=O)NN=C1OC. The van der Waals surface area contributed by atoms with Crippen LogP contribution in [0.3, 0.4) is 0 Å². The summed E-state index contributed by atoms with van der Waals surface area (Å²) in [6.07, 6.45) is 1.38. The molecule has 1 atom stereocenters. The van der Waals surface area contributed by atoms with Gasteiger partial charge in [0.25, 0.3) is 0 Å². The summed E-state index contributed by atoms with van der Waals surface area (Å²) in [6.45, 7) is 2.01. The van der Waals surface area contributed by atoms with Gasteiger partial charge in [-0.1, -0.05) is 6.92 Å². The second-order valence-corrected chi connectivity index (χ2v) is 2.50. The van der Waals surface area contributed by atoms with Crippen molar-refractivity contribution in [3.63, 3.8) is 0 Å². The second kappa shape index (κ2) is 3.37. The van der Waals surface area contributed by atoms with Crippen molar-refractivity contribution in [2.24, 2.45) is 11.0 Å². The molecular weight excluding hydrogens is 144 g/mol. The molecule has 0 radical (unpaired) electrons. The lowest BCUT2D eigenvalue weighted by atomic mass is 10.0. The average Bonchev–Trinajstić information content (AvgIpc) is 2.04. The van der Waals surface area contributed by atoms with Crippen molar-refractivity contribution >= 4 is 11.8 Å². The van der Waals surface area contributed by atoms with E-state index in [0.29, 0.717) is 12.3 Å². The van der Waals surface area contributed by atoms with Crippen LogP contribution < -0.4 is 5.43 Å². The first-order valence-electron chi connectivity index (χ1n) is 3.68. The molecule has 1 rings (SSSR count). The number of methoxy groups -OCH3 is 1. The number of carbonyl (C=O) groups is 1. The van der Waals surface area contributed by atoms with Crippen molar-refractivity contribution in [3.05, 3.63) is 0 Å². The molecule has 1 N–H and O–H groups in total. The van der Waals surface area contributed by atoms with Gasteiger partial charge >= 0.3 is 0 Å². The van der Waals surface area contributed by atoms with Gasteiger partial charge in [0.1, 0.15) is 0 Å². The lowest BCUT2D eigenvalue weighted by Crippen LogP contribution is -2.33. The highest BCUT2D eigenvalue weighted by molar-refractivity contribution is 5.89. The van der Waals surface area contributed by atoms with Crippen LogP contribution in [0, 0.1) is 5.92 Å². The first-order chi connectivity index (χ1) is 5.27. The van der Waals surface area contributed by atoms with Gasteiger partial charge in [0, 0.05) is 12.3 Å². The largest absolute Gasteiger partial charge is 0.483 e. The number of hydrogen-bond acceptors (Lipinski definition) is 3. The predicted molar refractivity (Wildman–Crippen MR) is 41.0 cm³/mol. The number of carbonyl (C=O) groups excluding carboxylic acids is 1. The zero-order chi connectivity index (χ0) is 8.27. The number of rotatable bonds is 1. The lowest BCUT2D eigenvalue weighted by Gasteiger charge is -2.19. The molecule has 1 amide bonds. The standard InChI is InChI=1S/C7H12N2O2/c1-3-5-4-6(10)8-9-7(5)11-2/h5H,3-4H2,1-2H3,(H,8,10). The maximum atomic E-state index is 10.8. The van der Waals surface area contributed by atoms with Crippen LogP contribution >= 0.6 is 0 Å². The van der Waals surface area contributed by atoms with Crippen LogP contribution in [0.5, 0.6) is 0 Å². The van der Waals surface area contributed by atoms with Crippen molar-refractivity contribution in [2.75, 3.05) is 7.11 Å². The Balaban J connectivity index is 2.67. The van der Waals surface area contributed by atoms with E-state index in [1.165, 1.54) is 0 Å². The van der Waals surface area contributed by atoms with Gasteiger partial charge in [-0.25, -0.2) is 5.43 Å². The predicted octanol–water partition coefficient (Wildman–Crippen LogP) is 0.492. The third-order valence-corrected chi connectivity index (χ3v) is 1.77. The Morgan fingerprint density at radius 1 is 1.82 bits per heavy atom. The van der Waals surface area contributed by atoms with Crippen molar-refractivity contribution in [1.29, 1.82) is 0 Å². The molecular formula is C7H12N2O2. The van der Waals surface area contributed by atoms with Gasteiger partial charge in [-0.05, 0) is 6.42 Å². The highest BCUT2D eigenvalue weighted by atomic mass is 16.5. The topological polar surface area (TPSA) is 50.7 Å². The molecule has 0 spiro atoms. The van der Waals surface area contributed by atoms with Crippen LogP contribution in [0.4, 0.5) is 0 Å². The molecule has 0 saturated carbocycles. The molecule has 0 aromatic rings. The van der Waals surface area contributed by atoms with Crippen LogP contribution in [0.25, 0.3) is 0 Å². The molecule has 0 saturated heterocycles. The molecule has 0 aromatic carbocycles. The monoisotopic (exact) mass is 156 g/mol. The van der Waals surface area contributed by atoms with Crippen molar-refractivity contribution < 1.29 is 9.53 Å². The molecule has 1 heterocycles. The highest BCUT2D eigenvalue weighted by Gasteiger charge is 2.22. The highest BCUT2D eigenvalue weighted by Crippen LogP contribution is 2.13. The Kier molecular flexibility index (Phi) is 2.46. The smallest absolute Gasteiger partial charge is 0.240 e. The maximum absolute atomic E-state index is 10.8. The Morgan fingerprint density at radius 2 is 2.55 bits per heavy atom. The third-order valence-electron chi connectivity index (χ3n) is 1.77. The van der Waals surface area contributed by atoms with Gasteiger partial charge in [0.05, 0.1) is 7.11 Å². The van der Waals surface area contributed by atoms with Gasteiger partial charge in [0.2, 0.25) is 11.8 Å². The molecule has 4 heteroatoms. The molecule has 0 fully saturated rings. The normalized spacial score (nSPS) is 24.0. The summed E-state index contributed by atoms with van der Waals surface area (Å²) < 4.78 is 4.98. The summed E-state index contributed by atoms with van der Waals surface area (Å²) in [5.41, 5.74) is 2.37. The summed E-state index contributed by atoms with van der Waals surface area (Å²) in [7, 11) is 1.57. The molecule has 11 heavy (non-hydrogen) atoms. The van der Waals surface area contributed by atoms with Crippen LogP contribution in [0.2, 0.25) is 0 Å². The van der Waals surface area contributed by atoms with Crippen molar-refractivity contribution in [3.8, 4) is 0 Å². The van der Waals surface area contributed by atoms with Crippen molar-refractivity contribution in [1.82, 2.24) is 5.43 Å². The fourth-order valence-electron chi connectivity index (χ4n) is 1.10. The minimum absolute atomic E-state index is 0.0300. The average molecular weight is 156 g/mol. The van der Waals surface area contributed by atoms with E-state index < -0.39 is 0 Å². The lowest BCUT2D eigenvalue weighted by molar-refractivity contribution is -0.122. The van der Waals surface area contributed by atoms with Gasteiger partial charge < -0.3 is 4.74 Å². The van der Waals surface area contributed by atoms with E-state index in [4.69, 9.17) is 4.74 Å². The Labute approximate surface area is 65.6 Å². The minimum Gasteiger partial charge on any atom is -0.483 e. The van der Waals surface area contributed by atoms with Crippen LogP contribution in [-0.2, 0) is 9.53 Å². The van der Waals surface area contributed by atoms with E-state index in [9.17, 15) is 4.79 Å². The second-order valence-electron chi connectivity index (χ2n) is 2.50. The van der Waals surface area contributed by atoms with E-state index in [1.54, 1.807) is 7.11 Å². The van der Waals surface area contributed by atoms with Gasteiger partial charge in [-0.3, -0.25) is 4.79 Å². The first-order valence-corrected chi connectivity index (χ1v) is 3.68. The molecule has 0 bridgehead atoms.